The van der Waals surface area contributed by atoms with Gasteiger partial charge in [0.2, 0.25) is 5.91 Å². The Labute approximate surface area is 154 Å². The Balaban J connectivity index is 2.03. The second-order valence-electron chi connectivity index (χ2n) is 6.33. The number of benzene rings is 1. The van der Waals surface area contributed by atoms with Gasteiger partial charge in [-0.05, 0) is 30.9 Å². The van der Waals surface area contributed by atoms with Crippen LogP contribution in [0, 0.1) is 17.2 Å². The zero-order valence-electron chi connectivity index (χ0n) is 14.6. The fourth-order valence-corrected chi connectivity index (χ4v) is 3.98. The number of carbonyl (C=O) groups excluding carboxylic acids is 1. The van der Waals surface area contributed by atoms with Gasteiger partial charge in [-0.25, -0.2) is 0 Å². The van der Waals surface area contributed by atoms with E-state index < -0.39 is 10.0 Å². The van der Waals surface area contributed by atoms with Crippen molar-refractivity contribution >= 4 is 22.3 Å². The molecule has 0 saturated heterocycles. The SMILES string of the molecule is N#CCNC(=O)CC(NC=NS(=O)(=O)c1ccccc1)C1CCCCC1. The molecule has 1 unspecified atom stereocenters. The van der Waals surface area contributed by atoms with Gasteiger partial charge >= 0.3 is 0 Å². The van der Waals surface area contributed by atoms with Gasteiger partial charge in [-0.3, -0.25) is 4.79 Å². The minimum Gasteiger partial charge on any atom is -0.372 e. The molecule has 1 aliphatic carbocycles. The maximum Gasteiger partial charge on any atom is 0.283 e. The monoisotopic (exact) mass is 376 g/mol. The average molecular weight is 376 g/mol. The molecule has 140 valence electrons. The van der Waals surface area contributed by atoms with Gasteiger partial charge in [0.25, 0.3) is 10.0 Å². The first-order valence-corrected chi connectivity index (χ1v) is 10.2. The summed E-state index contributed by atoms with van der Waals surface area (Å²) in [5.74, 6) is 0.0522. The molecule has 1 saturated carbocycles. The van der Waals surface area contributed by atoms with E-state index in [1.54, 1.807) is 18.2 Å². The number of sulfonamides is 1. The Morgan fingerprint density at radius 3 is 2.62 bits per heavy atom. The fraction of sp³-hybridized carbons (Fsp3) is 0.500. The van der Waals surface area contributed by atoms with Crippen molar-refractivity contribution in [1.29, 1.82) is 5.26 Å². The first kappa shape index (κ1) is 19.9. The Kier molecular flexibility index (Phi) is 7.60. The average Bonchev–Trinajstić information content (AvgIpc) is 2.67. The van der Waals surface area contributed by atoms with Crippen molar-refractivity contribution in [3.05, 3.63) is 30.3 Å². The molecule has 0 spiro atoms. The standard InChI is InChI=1S/C18H24N4O3S/c19-11-12-20-18(23)13-17(15-7-3-1-4-8-15)21-14-22-26(24,25)16-9-5-2-6-10-16/h2,5-6,9-10,14-15,17H,1,3-4,7-8,12-13H2,(H,20,23)(H,21,22). The molecule has 1 aromatic rings. The lowest BCUT2D eigenvalue weighted by molar-refractivity contribution is -0.121. The van der Waals surface area contributed by atoms with Crippen LogP contribution in [0.5, 0.6) is 0 Å². The molecule has 2 N–H and O–H groups in total. The van der Waals surface area contributed by atoms with Crippen LogP contribution in [0.25, 0.3) is 0 Å². The molecular formula is C18H24N4O3S. The van der Waals surface area contributed by atoms with Crippen molar-refractivity contribution in [2.75, 3.05) is 6.54 Å². The predicted molar refractivity (Wildman–Crippen MR) is 98.9 cm³/mol. The lowest BCUT2D eigenvalue weighted by atomic mass is 9.82. The summed E-state index contributed by atoms with van der Waals surface area (Å²) in [5, 5.41) is 14.1. The van der Waals surface area contributed by atoms with Crippen molar-refractivity contribution < 1.29 is 13.2 Å². The van der Waals surface area contributed by atoms with Crippen molar-refractivity contribution in [2.24, 2.45) is 10.3 Å². The highest BCUT2D eigenvalue weighted by Crippen LogP contribution is 2.27. The summed E-state index contributed by atoms with van der Waals surface area (Å²) in [7, 11) is -3.77. The van der Waals surface area contributed by atoms with E-state index in [4.69, 9.17) is 5.26 Å². The number of rotatable bonds is 8. The highest BCUT2D eigenvalue weighted by molar-refractivity contribution is 7.90. The summed E-state index contributed by atoms with van der Waals surface area (Å²) < 4.78 is 28.1. The number of hydrogen-bond donors (Lipinski definition) is 2. The predicted octanol–water partition coefficient (Wildman–Crippen LogP) is 1.97. The van der Waals surface area contributed by atoms with Crippen LogP contribution in [0.3, 0.4) is 0 Å². The van der Waals surface area contributed by atoms with E-state index >= 15 is 0 Å². The minimum atomic E-state index is -3.77. The summed E-state index contributed by atoms with van der Waals surface area (Å²) in [6.07, 6.45) is 6.72. The maximum absolute atomic E-state index is 12.2. The molecule has 8 heteroatoms. The van der Waals surface area contributed by atoms with Crippen LogP contribution in [0.15, 0.2) is 39.6 Å². The molecule has 0 aromatic heterocycles. The number of nitriles is 1. The smallest absolute Gasteiger partial charge is 0.283 e. The van der Waals surface area contributed by atoms with Crippen molar-refractivity contribution in [3.8, 4) is 6.07 Å². The first-order valence-electron chi connectivity index (χ1n) is 8.76. The number of nitrogens with one attached hydrogen (secondary N) is 2. The van der Waals surface area contributed by atoms with E-state index in [-0.39, 0.29) is 35.7 Å². The first-order chi connectivity index (χ1) is 12.5. The van der Waals surface area contributed by atoms with Gasteiger partial charge in [0.05, 0.1) is 11.0 Å². The quantitative estimate of drug-likeness (QED) is 0.409. The maximum atomic E-state index is 12.2. The van der Waals surface area contributed by atoms with Crippen LogP contribution in [-0.4, -0.2) is 33.3 Å². The molecule has 7 nitrogen and oxygen atoms in total. The number of amides is 1. The summed E-state index contributed by atoms with van der Waals surface area (Å²) in [6, 6.07) is 9.66. The number of hydrogen-bond acceptors (Lipinski definition) is 4. The van der Waals surface area contributed by atoms with Gasteiger partial charge in [0.15, 0.2) is 0 Å². The lowest BCUT2D eigenvalue weighted by Crippen LogP contribution is -2.41. The third-order valence-electron chi connectivity index (χ3n) is 4.51. The topological polar surface area (TPSA) is 111 Å². The molecule has 0 heterocycles. The molecule has 1 aromatic carbocycles. The molecular weight excluding hydrogens is 352 g/mol. The van der Waals surface area contributed by atoms with Crippen LogP contribution >= 0.6 is 0 Å². The van der Waals surface area contributed by atoms with E-state index in [2.05, 4.69) is 15.0 Å². The second-order valence-corrected chi connectivity index (χ2v) is 7.97. The third-order valence-corrected chi connectivity index (χ3v) is 5.76. The third kappa shape index (κ3) is 6.15. The largest absolute Gasteiger partial charge is 0.372 e. The molecule has 0 aliphatic heterocycles. The van der Waals surface area contributed by atoms with Crippen molar-refractivity contribution in [3.63, 3.8) is 0 Å². The van der Waals surface area contributed by atoms with Gasteiger partial charge < -0.3 is 10.6 Å². The van der Waals surface area contributed by atoms with Crippen molar-refractivity contribution in [1.82, 2.24) is 10.6 Å². The Morgan fingerprint density at radius 1 is 1.27 bits per heavy atom. The van der Waals surface area contributed by atoms with Crippen LogP contribution in [0.2, 0.25) is 0 Å². The Hall–Kier alpha value is -2.40. The molecule has 1 aliphatic rings. The highest BCUT2D eigenvalue weighted by Gasteiger charge is 2.25. The van der Waals surface area contributed by atoms with Gasteiger partial charge in [-0.15, -0.1) is 4.40 Å². The molecule has 0 bridgehead atoms. The summed E-state index contributed by atoms with van der Waals surface area (Å²) in [6.45, 7) is -0.0350. The zero-order chi connectivity index (χ0) is 18.8. The fourth-order valence-electron chi connectivity index (χ4n) is 3.16. The zero-order valence-corrected chi connectivity index (χ0v) is 15.4. The van der Waals surface area contributed by atoms with Crippen LogP contribution < -0.4 is 10.6 Å². The van der Waals surface area contributed by atoms with E-state index in [1.165, 1.54) is 24.9 Å². The Morgan fingerprint density at radius 2 is 1.96 bits per heavy atom. The van der Waals surface area contributed by atoms with E-state index in [9.17, 15) is 13.2 Å². The molecule has 1 amide bonds. The molecule has 1 fully saturated rings. The summed E-state index contributed by atoms with van der Waals surface area (Å²) in [4.78, 5) is 12.1. The van der Waals surface area contributed by atoms with E-state index in [1.807, 2.05) is 6.07 Å². The van der Waals surface area contributed by atoms with Gasteiger partial charge in [0, 0.05) is 12.5 Å². The highest BCUT2D eigenvalue weighted by atomic mass is 32.2. The second kappa shape index (κ2) is 9.92. The summed E-state index contributed by atoms with van der Waals surface area (Å²) >= 11 is 0. The lowest BCUT2D eigenvalue weighted by Gasteiger charge is -2.29. The normalized spacial score (nSPS) is 16.7. The van der Waals surface area contributed by atoms with Gasteiger partial charge in [-0.1, -0.05) is 37.5 Å². The number of nitrogens with zero attached hydrogens (tertiary/aromatic N) is 2. The van der Waals surface area contributed by atoms with Crippen LogP contribution in [-0.2, 0) is 14.8 Å². The van der Waals surface area contributed by atoms with Crippen LogP contribution in [0.4, 0.5) is 0 Å². The van der Waals surface area contributed by atoms with Gasteiger partial charge in [0.1, 0.15) is 12.9 Å². The molecule has 0 radical (unpaired) electrons. The number of carbonyl (C=O) groups is 1. The van der Waals surface area contributed by atoms with Crippen LogP contribution in [0.1, 0.15) is 38.5 Å². The molecule has 1 atom stereocenters. The Bertz CT molecular complexity index is 750. The van der Waals surface area contributed by atoms with Crippen molar-refractivity contribution in [2.45, 2.75) is 49.5 Å². The summed E-state index contributed by atoms with van der Waals surface area (Å²) in [5.41, 5.74) is 0. The van der Waals surface area contributed by atoms with E-state index in [0.717, 1.165) is 25.7 Å². The minimum absolute atomic E-state index is 0.0350. The van der Waals surface area contributed by atoms with E-state index in [0.29, 0.717) is 0 Å². The molecule has 2 rings (SSSR count). The van der Waals surface area contributed by atoms with Gasteiger partial charge in [-0.2, -0.15) is 13.7 Å². The molecule has 26 heavy (non-hydrogen) atoms.